The zero-order valence-electron chi connectivity index (χ0n) is 16.5. The van der Waals surface area contributed by atoms with E-state index < -0.39 is 48.6 Å². The molecule has 0 saturated carbocycles. The minimum atomic E-state index is -0.894. The SMILES string of the molecule is CCC(OC(CC)C(=O)CC(=O)OC(C)C)C(=O)CC(=O)OC(C)C.[Zr]. The van der Waals surface area contributed by atoms with Crippen molar-refractivity contribution in [1.82, 2.24) is 0 Å². The smallest absolute Gasteiger partial charge is 0.313 e. The number of hydrogen-bond acceptors (Lipinski definition) is 7. The number of ether oxygens (including phenoxy) is 3. The second kappa shape index (κ2) is 14.2. The topological polar surface area (TPSA) is 96.0 Å². The Balaban J connectivity index is 0. The number of hydrogen-bond donors (Lipinski definition) is 0. The summed E-state index contributed by atoms with van der Waals surface area (Å²) in [5, 5.41) is 0. The van der Waals surface area contributed by atoms with Crippen LogP contribution in [0.25, 0.3) is 0 Å². The summed E-state index contributed by atoms with van der Waals surface area (Å²) in [6.07, 6.45) is -2.59. The van der Waals surface area contributed by atoms with Gasteiger partial charge in [-0.25, -0.2) is 0 Å². The van der Waals surface area contributed by atoms with Crippen molar-refractivity contribution in [3.63, 3.8) is 0 Å². The molecule has 2 atom stereocenters. The molecule has 26 heavy (non-hydrogen) atoms. The molecule has 0 radical (unpaired) electrons. The first-order chi connectivity index (χ1) is 11.6. The number of carbonyl (C=O) groups excluding carboxylic acids is 4. The molecule has 0 bridgehead atoms. The van der Waals surface area contributed by atoms with E-state index in [1.54, 1.807) is 41.5 Å². The summed E-state index contributed by atoms with van der Waals surface area (Å²) >= 11 is 0. The fourth-order valence-corrected chi connectivity index (χ4v) is 2.12. The zero-order valence-corrected chi connectivity index (χ0v) is 19.0. The molecule has 0 aromatic heterocycles. The van der Waals surface area contributed by atoms with E-state index in [0.29, 0.717) is 12.8 Å². The van der Waals surface area contributed by atoms with Gasteiger partial charge in [0, 0.05) is 26.2 Å². The molecule has 0 rings (SSSR count). The fourth-order valence-electron chi connectivity index (χ4n) is 2.12. The number of ketones is 2. The van der Waals surface area contributed by atoms with Gasteiger partial charge < -0.3 is 14.2 Å². The number of carbonyl (C=O) groups is 4. The van der Waals surface area contributed by atoms with Gasteiger partial charge in [0.2, 0.25) is 0 Å². The maximum absolute atomic E-state index is 12.2. The Morgan fingerprint density at radius 2 is 1.00 bits per heavy atom. The maximum atomic E-state index is 12.2. The Kier molecular flexibility index (Phi) is 14.9. The van der Waals surface area contributed by atoms with Gasteiger partial charge in [0.05, 0.1) is 12.2 Å². The molecular formula is C18H30O7Zr. The van der Waals surface area contributed by atoms with Crippen LogP contribution in [0.15, 0.2) is 0 Å². The molecule has 0 spiro atoms. The van der Waals surface area contributed by atoms with Crippen molar-refractivity contribution in [2.45, 2.75) is 91.6 Å². The van der Waals surface area contributed by atoms with Crippen LogP contribution < -0.4 is 0 Å². The standard InChI is InChI=1S/C18H30O7.Zr/c1-7-15(13(19)9-17(21)23-11(3)4)25-16(8-2)14(20)10-18(22)24-12(5)6;/h11-12,15-16H,7-10H2,1-6H3;. The first-order valence-corrected chi connectivity index (χ1v) is 8.70. The largest absolute Gasteiger partial charge is 0.463 e. The van der Waals surface area contributed by atoms with E-state index in [4.69, 9.17) is 14.2 Å². The van der Waals surface area contributed by atoms with E-state index in [-0.39, 0.29) is 38.4 Å². The molecule has 0 aromatic carbocycles. The molecule has 0 amide bonds. The van der Waals surface area contributed by atoms with E-state index in [0.717, 1.165) is 0 Å². The van der Waals surface area contributed by atoms with E-state index in [2.05, 4.69) is 0 Å². The van der Waals surface area contributed by atoms with Crippen LogP contribution in [0.2, 0.25) is 0 Å². The third-order valence-electron chi connectivity index (χ3n) is 3.16. The van der Waals surface area contributed by atoms with Crippen molar-refractivity contribution in [3.8, 4) is 0 Å². The van der Waals surface area contributed by atoms with Crippen molar-refractivity contribution >= 4 is 23.5 Å². The summed E-state index contributed by atoms with van der Waals surface area (Å²) in [7, 11) is 0. The van der Waals surface area contributed by atoms with Crippen LogP contribution in [0.1, 0.15) is 67.2 Å². The molecule has 2 unspecified atom stereocenters. The predicted molar refractivity (Wildman–Crippen MR) is 90.9 cm³/mol. The van der Waals surface area contributed by atoms with Crippen LogP contribution in [-0.4, -0.2) is 47.9 Å². The zero-order chi connectivity index (χ0) is 19.6. The van der Waals surface area contributed by atoms with Gasteiger partial charge in [-0.3, -0.25) is 19.2 Å². The Bertz CT molecular complexity index is 432. The third-order valence-corrected chi connectivity index (χ3v) is 3.16. The fraction of sp³-hybridized carbons (Fsp3) is 0.778. The summed E-state index contributed by atoms with van der Waals surface area (Å²) in [5.74, 6) is -2.13. The second-order valence-electron chi connectivity index (χ2n) is 6.29. The van der Waals surface area contributed by atoms with Crippen LogP contribution in [0.4, 0.5) is 0 Å². The minimum Gasteiger partial charge on any atom is -0.463 e. The summed E-state index contributed by atoms with van der Waals surface area (Å²) in [6.45, 7) is 10.2. The Morgan fingerprint density at radius 1 is 0.692 bits per heavy atom. The molecule has 0 N–H and O–H groups in total. The van der Waals surface area contributed by atoms with Gasteiger partial charge in [0.25, 0.3) is 0 Å². The quantitative estimate of drug-likeness (QED) is 0.333. The van der Waals surface area contributed by atoms with Gasteiger partial charge in [0.1, 0.15) is 25.0 Å². The summed E-state index contributed by atoms with van der Waals surface area (Å²) in [6, 6.07) is 0. The van der Waals surface area contributed by atoms with Gasteiger partial charge in [-0.15, -0.1) is 0 Å². The van der Waals surface area contributed by atoms with Crippen molar-refractivity contribution in [2.75, 3.05) is 0 Å². The van der Waals surface area contributed by atoms with Gasteiger partial charge in [-0.1, -0.05) is 13.8 Å². The molecule has 0 fully saturated rings. The molecule has 148 valence electrons. The van der Waals surface area contributed by atoms with Crippen molar-refractivity contribution < 1.29 is 59.6 Å². The first-order valence-electron chi connectivity index (χ1n) is 8.70. The molecular weight excluding hydrogens is 419 g/mol. The van der Waals surface area contributed by atoms with Gasteiger partial charge in [-0.05, 0) is 40.5 Å². The predicted octanol–water partition coefficient (Wildman–Crippen LogP) is 2.38. The van der Waals surface area contributed by atoms with E-state index in [1.165, 1.54) is 0 Å². The van der Waals surface area contributed by atoms with E-state index in [9.17, 15) is 19.2 Å². The Morgan fingerprint density at radius 3 is 1.23 bits per heavy atom. The molecule has 0 aromatic rings. The molecule has 0 heterocycles. The summed E-state index contributed by atoms with van der Waals surface area (Å²) < 4.78 is 15.5. The molecule has 7 nitrogen and oxygen atoms in total. The second-order valence-corrected chi connectivity index (χ2v) is 6.29. The van der Waals surface area contributed by atoms with Crippen LogP contribution in [0.3, 0.4) is 0 Å². The normalized spacial score (nSPS) is 12.9. The van der Waals surface area contributed by atoms with Crippen LogP contribution in [-0.2, 0) is 59.6 Å². The summed E-state index contributed by atoms with van der Waals surface area (Å²) in [4.78, 5) is 47.5. The molecule has 0 aliphatic heterocycles. The molecule has 0 aliphatic rings. The van der Waals surface area contributed by atoms with Gasteiger partial charge in [0.15, 0.2) is 11.6 Å². The van der Waals surface area contributed by atoms with E-state index >= 15 is 0 Å². The van der Waals surface area contributed by atoms with Crippen molar-refractivity contribution in [2.24, 2.45) is 0 Å². The van der Waals surface area contributed by atoms with Crippen LogP contribution in [0.5, 0.6) is 0 Å². The van der Waals surface area contributed by atoms with Crippen molar-refractivity contribution in [1.29, 1.82) is 0 Å². The van der Waals surface area contributed by atoms with Gasteiger partial charge in [-0.2, -0.15) is 0 Å². The van der Waals surface area contributed by atoms with Crippen LogP contribution in [0, 0.1) is 0 Å². The average Bonchev–Trinajstić information content (AvgIpc) is 2.45. The van der Waals surface area contributed by atoms with Crippen LogP contribution >= 0.6 is 0 Å². The monoisotopic (exact) mass is 448 g/mol. The number of esters is 2. The molecule has 8 heteroatoms. The minimum absolute atomic E-state index is 0. The average molecular weight is 450 g/mol. The number of Topliss-reactive ketones (excluding diaryl/α,β-unsaturated/α-hetero) is 2. The molecule has 0 saturated heterocycles. The van der Waals surface area contributed by atoms with E-state index in [1.807, 2.05) is 0 Å². The third kappa shape index (κ3) is 11.7. The molecule has 0 aliphatic carbocycles. The number of rotatable bonds is 12. The Hall–Kier alpha value is -0.877. The Labute approximate surface area is 174 Å². The first kappa shape index (κ1) is 27.3. The van der Waals surface area contributed by atoms with Gasteiger partial charge >= 0.3 is 11.9 Å². The summed E-state index contributed by atoms with van der Waals surface area (Å²) in [5.41, 5.74) is 0. The van der Waals surface area contributed by atoms with Crippen molar-refractivity contribution in [3.05, 3.63) is 0 Å². The maximum Gasteiger partial charge on any atom is 0.313 e.